The molecule has 2 aromatic rings. The standard InChI is InChI=1S/C15H15Cl2NO2S2/c1-10(15(19)18-8-13-3-2-6-21-13)22(20)9-11-4-5-12(16)7-14(11)17/h2-7,10H,8-9H2,1H3,(H,18,19). The average Bonchev–Trinajstić information content (AvgIpc) is 3.00. The minimum Gasteiger partial charge on any atom is -0.350 e. The second-order valence-electron chi connectivity index (χ2n) is 4.70. The topological polar surface area (TPSA) is 46.2 Å². The minimum atomic E-state index is -1.35. The van der Waals surface area contributed by atoms with Crippen LogP contribution in [0.2, 0.25) is 10.0 Å². The van der Waals surface area contributed by atoms with E-state index in [4.69, 9.17) is 23.2 Å². The van der Waals surface area contributed by atoms with Crippen LogP contribution in [-0.4, -0.2) is 15.4 Å². The Morgan fingerprint density at radius 3 is 2.77 bits per heavy atom. The van der Waals surface area contributed by atoms with Crippen molar-refractivity contribution in [1.82, 2.24) is 5.32 Å². The zero-order valence-electron chi connectivity index (χ0n) is 11.8. The molecule has 0 aliphatic rings. The number of amides is 1. The van der Waals surface area contributed by atoms with Crippen molar-refractivity contribution in [3.63, 3.8) is 0 Å². The van der Waals surface area contributed by atoms with Crippen LogP contribution in [0.4, 0.5) is 0 Å². The average molecular weight is 376 g/mol. The summed E-state index contributed by atoms with van der Waals surface area (Å²) in [4.78, 5) is 13.1. The SMILES string of the molecule is CC(C(=O)NCc1cccs1)S(=O)Cc1ccc(Cl)cc1Cl. The van der Waals surface area contributed by atoms with E-state index in [9.17, 15) is 9.00 Å². The van der Waals surface area contributed by atoms with Crippen molar-refractivity contribution >= 4 is 51.2 Å². The van der Waals surface area contributed by atoms with Crippen molar-refractivity contribution in [3.05, 3.63) is 56.2 Å². The first-order valence-electron chi connectivity index (χ1n) is 6.58. The third kappa shape index (κ3) is 4.81. The Balaban J connectivity index is 1.92. The fourth-order valence-corrected chi connectivity index (χ4v) is 4.10. The predicted octanol–water partition coefficient (Wildman–Crippen LogP) is 4.01. The summed E-state index contributed by atoms with van der Waals surface area (Å²) < 4.78 is 12.3. The van der Waals surface area contributed by atoms with Gasteiger partial charge in [0.1, 0.15) is 5.25 Å². The third-order valence-electron chi connectivity index (χ3n) is 3.09. The molecule has 1 aromatic heterocycles. The van der Waals surface area contributed by atoms with Crippen molar-refractivity contribution in [3.8, 4) is 0 Å². The van der Waals surface area contributed by atoms with Crippen LogP contribution in [0.15, 0.2) is 35.7 Å². The van der Waals surface area contributed by atoms with Gasteiger partial charge in [0.05, 0.1) is 12.3 Å². The molecule has 0 fully saturated rings. The molecular formula is C15H15Cl2NO2S2. The lowest BCUT2D eigenvalue weighted by molar-refractivity contribution is -0.120. The first-order valence-corrected chi connectivity index (χ1v) is 9.60. The Labute approximate surface area is 146 Å². The third-order valence-corrected chi connectivity index (χ3v) is 6.15. The van der Waals surface area contributed by atoms with Crippen LogP contribution in [-0.2, 0) is 27.9 Å². The van der Waals surface area contributed by atoms with Crippen molar-refractivity contribution in [2.75, 3.05) is 0 Å². The van der Waals surface area contributed by atoms with E-state index < -0.39 is 16.0 Å². The number of carbonyl (C=O) groups is 1. The van der Waals surface area contributed by atoms with Gasteiger partial charge in [-0.2, -0.15) is 0 Å². The molecule has 0 saturated carbocycles. The van der Waals surface area contributed by atoms with Crippen LogP contribution in [0.5, 0.6) is 0 Å². The van der Waals surface area contributed by atoms with Gasteiger partial charge in [-0.25, -0.2) is 0 Å². The first-order chi connectivity index (χ1) is 10.5. The van der Waals surface area contributed by atoms with Gasteiger partial charge >= 0.3 is 0 Å². The number of carbonyl (C=O) groups excluding carboxylic acids is 1. The molecule has 0 bridgehead atoms. The Morgan fingerprint density at radius 2 is 2.14 bits per heavy atom. The molecule has 1 aromatic carbocycles. The van der Waals surface area contributed by atoms with Crippen molar-refractivity contribution in [1.29, 1.82) is 0 Å². The maximum absolute atomic E-state index is 12.3. The van der Waals surface area contributed by atoms with Gasteiger partial charge in [0.15, 0.2) is 0 Å². The van der Waals surface area contributed by atoms with Gasteiger partial charge < -0.3 is 5.32 Å². The highest BCUT2D eigenvalue weighted by Crippen LogP contribution is 2.22. The largest absolute Gasteiger partial charge is 0.350 e. The fourth-order valence-electron chi connectivity index (χ4n) is 1.77. The summed E-state index contributed by atoms with van der Waals surface area (Å²) in [6, 6.07) is 8.91. The molecule has 0 radical (unpaired) electrons. The number of rotatable bonds is 6. The molecule has 1 amide bonds. The summed E-state index contributed by atoms with van der Waals surface area (Å²) in [6.45, 7) is 2.11. The van der Waals surface area contributed by atoms with Gasteiger partial charge in [0.2, 0.25) is 5.91 Å². The molecule has 7 heteroatoms. The second-order valence-corrected chi connectivity index (χ2v) is 8.33. The Kier molecular flexibility index (Phi) is 6.44. The summed E-state index contributed by atoms with van der Waals surface area (Å²) >= 11 is 13.5. The molecule has 1 heterocycles. The van der Waals surface area contributed by atoms with E-state index in [1.54, 1.807) is 36.5 Å². The van der Waals surface area contributed by atoms with E-state index in [0.29, 0.717) is 16.6 Å². The van der Waals surface area contributed by atoms with Crippen LogP contribution in [0.25, 0.3) is 0 Å². The van der Waals surface area contributed by atoms with Crippen LogP contribution in [0, 0.1) is 0 Å². The van der Waals surface area contributed by atoms with Crippen LogP contribution in [0.3, 0.4) is 0 Å². The van der Waals surface area contributed by atoms with Crippen LogP contribution < -0.4 is 5.32 Å². The number of halogens is 2. The highest BCUT2D eigenvalue weighted by atomic mass is 35.5. The van der Waals surface area contributed by atoms with Gasteiger partial charge in [-0.1, -0.05) is 35.3 Å². The summed E-state index contributed by atoms with van der Waals surface area (Å²) in [6.07, 6.45) is 0. The molecule has 0 aliphatic carbocycles. The molecule has 118 valence electrons. The van der Waals surface area contributed by atoms with Gasteiger partial charge in [-0.3, -0.25) is 9.00 Å². The molecule has 0 saturated heterocycles. The minimum absolute atomic E-state index is 0.225. The number of nitrogens with one attached hydrogen (secondary N) is 1. The number of hydrogen-bond acceptors (Lipinski definition) is 3. The lowest BCUT2D eigenvalue weighted by Gasteiger charge is -2.12. The van der Waals surface area contributed by atoms with Gasteiger partial charge in [0.25, 0.3) is 0 Å². The summed E-state index contributed by atoms with van der Waals surface area (Å²) in [7, 11) is -1.35. The van der Waals surface area contributed by atoms with E-state index in [0.717, 1.165) is 10.4 Å². The van der Waals surface area contributed by atoms with E-state index in [-0.39, 0.29) is 11.7 Å². The molecule has 3 nitrogen and oxygen atoms in total. The second kappa shape index (κ2) is 8.11. The van der Waals surface area contributed by atoms with Crippen LogP contribution >= 0.6 is 34.5 Å². The van der Waals surface area contributed by atoms with E-state index >= 15 is 0 Å². The fraction of sp³-hybridized carbons (Fsp3) is 0.267. The molecule has 2 unspecified atom stereocenters. The van der Waals surface area contributed by atoms with Crippen molar-refractivity contribution in [2.45, 2.75) is 24.5 Å². The Hall–Kier alpha value is -0.880. The van der Waals surface area contributed by atoms with Gasteiger partial charge in [0, 0.05) is 25.7 Å². The number of thiophene rings is 1. The quantitative estimate of drug-likeness (QED) is 0.828. The van der Waals surface area contributed by atoms with Crippen LogP contribution in [0.1, 0.15) is 17.4 Å². The van der Waals surface area contributed by atoms with Gasteiger partial charge in [-0.05, 0) is 36.1 Å². The van der Waals surface area contributed by atoms with Crippen molar-refractivity contribution < 1.29 is 9.00 Å². The summed E-state index contributed by atoms with van der Waals surface area (Å²) in [5.41, 5.74) is 0.724. The predicted molar refractivity (Wildman–Crippen MR) is 93.9 cm³/mol. The first kappa shape index (κ1) is 17.5. The zero-order valence-corrected chi connectivity index (χ0v) is 15.0. The highest BCUT2D eigenvalue weighted by molar-refractivity contribution is 7.85. The lowest BCUT2D eigenvalue weighted by atomic mass is 10.2. The summed E-state index contributed by atoms with van der Waals surface area (Å²) in [5, 5.41) is 5.14. The molecule has 0 spiro atoms. The number of benzene rings is 1. The molecule has 2 atom stereocenters. The number of hydrogen-bond donors (Lipinski definition) is 1. The zero-order chi connectivity index (χ0) is 16.1. The maximum atomic E-state index is 12.3. The van der Waals surface area contributed by atoms with E-state index in [1.807, 2.05) is 17.5 Å². The lowest BCUT2D eigenvalue weighted by Crippen LogP contribution is -2.35. The van der Waals surface area contributed by atoms with Gasteiger partial charge in [-0.15, -0.1) is 11.3 Å². The Bertz CT molecular complexity index is 674. The van der Waals surface area contributed by atoms with E-state index in [2.05, 4.69) is 5.32 Å². The summed E-state index contributed by atoms with van der Waals surface area (Å²) in [5.74, 6) is 0.000617. The monoisotopic (exact) mass is 375 g/mol. The highest BCUT2D eigenvalue weighted by Gasteiger charge is 2.20. The maximum Gasteiger partial charge on any atom is 0.235 e. The van der Waals surface area contributed by atoms with E-state index in [1.165, 1.54) is 0 Å². The normalized spacial score (nSPS) is 13.6. The smallest absolute Gasteiger partial charge is 0.235 e. The van der Waals surface area contributed by atoms with Crippen molar-refractivity contribution in [2.24, 2.45) is 0 Å². The molecule has 0 aliphatic heterocycles. The molecule has 2 rings (SSSR count). The molecule has 1 N–H and O–H groups in total. The molecular weight excluding hydrogens is 361 g/mol. The molecule has 22 heavy (non-hydrogen) atoms. The Morgan fingerprint density at radius 1 is 1.36 bits per heavy atom.